The summed E-state index contributed by atoms with van der Waals surface area (Å²) < 4.78 is 36.9. The van der Waals surface area contributed by atoms with Gasteiger partial charge in [-0.3, -0.25) is 37.4 Å². The zero-order chi connectivity index (χ0) is 49.7. The predicted octanol–water partition coefficient (Wildman–Crippen LogP) is 5.07. The van der Waals surface area contributed by atoms with Gasteiger partial charge in [0.2, 0.25) is 11.8 Å². The highest BCUT2D eigenvalue weighted by atomic mass is 35.5. The molecule has 10 rings (SSSR count). The molecule has 8 heterocycles. The van der Waals surface area contributed by atoms with Crippen LogP contribution < -0.4 is 42.9 Å². The topological polar surface area (TPSA) is 214 Å². The molecule has 2 aromatic carbocycles. The van der Waals surface area contributed by atoms with Gasteiger partial charge >= 0.3 is 11.4 Å². The lowest BCUT2D eigenvalue weighted by Gasteiger charge is -2.24. The fraction of sp³-hybridized carbons (Fsp3) is 0.348. The van der Waals surface area contributed by atoms with Gasteiger partial charge in [0.05, 0.1) is 35.4 Å². The average Bonchev–Trinajstić information content (AvgIpc) is 4.22. The number of nitrogens with zero attached hydrogens (tertiary/aromatic N) is 12. The van der Waals surface area contributed by atoms with Crippen LogP contribution in [0.2, 0.25) is 0 Å². The van der Waals surface area contributed by atoms with Crippen LogP contribution in [0.1, 0.15) is 39.5 Å². The second kappa shape index (κ2) is 20.2. The summed E-state index contributed by atoms with van der Waals surface area (Å²) in [5.74, 6) is -1.41. The Morgan fingerprint density at radius 3 is 1.38 bits per heavy atom. The third kappa shape index (κ3) is 9.65. The lowest BCUT2D eigenvalue weighted by molar-refractivity contribution is -0.117. The maximum atomic E-state index is 14.8. The molecule has 2 aliphatic heterocycles. The van der Waals surface area contributed by atoms with Gasteiger partial charge in [-0.2, -0.15) is 0 Å². The van der Waals surface area contributed by atoms with Crippen molar-refractivity contribution >= 4 is 90.9 Å². The van der Waals surface area contributed by atoms with Crippen LogP contribution in [-0.2, 0) is 50.9 Å². The third-order valence-electron chi connectivity index (χ3n) is 12.8. The van der Waals surface area contributed by atoms with Crippen LogP contribution >= 0.6 is 35.1 Å². The van der Waals surface area contributed by atoms with Crippen molar-refractivity contribution in [1.82, 2.24) is 47.3 Å². The molecular formula is C46H49ClF2N14O6S2. The summed E-state index contributed by atoms with van der Waals surface area (Å²) in [6.45, 7) is 5.52. The SMILES string of the molecule is C[C@H]1CCCN1c1ccc(-c2csc(NC(=O)Cn3cnc4c3c(=O)n(C)c(=O)n4C)n2)cc1F.C[C@H]1CCCN1c1ccc(-c2csc(NC(=O)Cn3cnc4c3c(=O)n(C)c(=O)n4C)n2)cc1F.Cl. The molecule has 2 aliphatic rings. The number of nitrogens with one attached hydrogen (secondary N) is 2. The van der Waals surface area contributed by atoms with E-state index in [1.165, 1.54) is 93.9 Å². The van der Waals surface area contributed by atoms with Crippen molar-refractivity contribution in [3.63, 3.8) is 0 Å². The van der Waals surface area contributed by atoms with E-state index in [1.807, 2.05) is 12.1 Å². The van der Waals surface area contributed by atoms with Gasteiger partial charge in [-0.05, 0) is 63.8 Å². The molecule has 2 saturated heterocycles. The van der Waals surface area contributed by atoms with Gasteiger partial charge in [0, 0.05) is 75.3 Å². The van der Waals surface area contributed by atoms with Crippen molar-refractivity contribution < 1.29 is 18.4 Å². The van der Waals surface area contributed by atoms with Crippen LogP contribution in [0.4, 0.5) is 30.4 Å². The van der Waals surface area contributed by atoms with Crippen LogP contribution in [-0.4, -0.2) is 84.3 Å². The second-order valence-corrected chi connectivity index (χ2v) is 19.1. The Bertz CT molecular complexity index is 3380. The van der Waals surface area contributed by atoms with E-state index in [2.05, 4.69) is 54.2 Å². The summed E-state index contributed by atoms with van der Waals surface area (Å²) in [6, 6.07) is 10.8. The molecule has 6 aromatic heterocycles. The molecule has 71 heavy (non-hydrogen) atoms. The van der Waals surface area contributed by atoms with E-state index in [1.54, 1.807) is 22.9 Å². The number of carbonyl (C=O) groups is 2. The van der Waals surface area contributed by atoms with E-state index in [4.69, 9.17) is 0 Å². The number of rotatable bonds is 10. The first-order valence-corrected chi connectivity index (χ1v) is 24.1. The number of fused-ring (bicyclic) bond motifs is 2. The minimum Gasteiger partial charge on any atom is -0.366 e. The van der Waals surface area contributed by atoms with Gasteiger partial charge in [0.15, 0.2) is 32.6 Å². The molecule has 0 saturated carbocycles. The van der Waals surface area contributed by atoms with E-state index < -0.39 is 34.3 Å². The van der Waals surface area contributed by atoms with Crippen LogP contribution in [0.3, 0.4) is 0 Å². The Morgan fingerprint density at radius 1 is 0.634 bits per heavy atom. The van der Waals surface area contributed by atoms with E-state index in [0.717, 1.165) is 47.9 Å². The summed E-state index contributed by atoms with van der Waals surface area (Å²) in [5.41, 5.74) is 2.24. The Balaban J connectivity index is 0.000000188. The first kappa shape index (κ1) is 50.1. The number of hydrogen-bond acceptors (Lipinski definition) is 14. The molecular weight excluding hydrogens is 982 g/mol. The van der Waals surface area contributed by atoms with Crippen molar-refractivity contribution in [1.29, 1.82) is 0 Å². The molecule has 25 heteroatoms. The number of anilines is 4. The summed E-state index contributed by atoms with van der Waals surface area (Å²) in [4.78, 5) is 95.8. The van der Waals surface area contributed by atoms with Crippen LogP contribution in [0.5, 0.6) is 0 Å². The first-order valence-electron chi connectivity index (χ1n) is 22.3. The fourth-order valence-corrected chi connectivity index (χ4v) is 10.4. The lowest BCUT2D eigenvalue weighted by atomic mass is 10.1. The van der Waals surface area contributed by atoms with E-state index in [-0.39, 0.29) is 59.5 Å². The summed E-state index contributed by atoms with van der Waals surface area (Å²) in [5, 5.41) is 9.63. The number of halogens is 3. The van der Waals surface area contributed by atoms with Crippen molar-refractivity contribution in [3.8, 4) is 22.5 Å². The molecule has 2 amide bonds. The Morgan fingerprint density at radius 2 is 1.03 bits per heavy atom. The standard InChI is InChI=1S/2C23H24FN7O3S.ClH/c2*1-13-5-4-8-31(13)17-7-6-14(9-15(17)24)16-11-35-22(26-16)27-18(32)10-30-12-25-20-19(30)21(33)29(3)23(34)28(20)2;/h2*6-7,9,11-13H,4-5,8,10H2,1-3H3,(H,26,27,32);1H/t2*13-;/m00./s1. The molecule has 372 valence electrons. The minimum atomic E-state index is -0.529. The molecule has 2 atom stereocenters. The number of imidazole rings is 2. The molecule has 0 aliphatic carbocycles. The number of aromatic nitrogens is 10. The van der Waals surface area contributed by atoms with E-state index >= 15 is 0 Å². The zero-order valence-corrected chi connectivity index (χ0v) is 41.8. The summed E-state index contributed by atoms with van der Waals surface area (Å²) in [6.07, 6.45) is 6.92. The Kier molecular flexibility index (Phi) is 14.2. The Hall–Kier alpha value is -7.31. The highest BCUT2D eigenvalue weighted by molar-refractivity contribution is 7.14. The second-order valence-electron chi connectivity index (χ2n) is 17.4. The van der Waals surface area contributed by atoms with Crippen molar-refractivity contribution in [2.24, 2.45) is 28.2 Å². The molecule has 2 N–H and O–H groups in total. The molecule has 8 aromatic rings. The number of amides is 2. The average molecular weight is 1030 g/mol. The van der Waals surface area contributed by atoms with Gasteiger partial charge in [-0.25, -0.2) is 38.3 Å². The number of benzene rings is 2. The lowest BCUT2D eigenvalue weighted by Crippen LogP contribution is -2.37. The fourth-order valence-electron chi connectivity index (χ4n) is 8.97. The molecule has 2 fully saturated rings. The normalized spacial score (nSPS) is 15.5. The van der Waals surface area contributed by atoms with Gasteiger partial charge in [-0.15, -0.1) is 35.1 Å². The van der Waals surface area contributed by atoms with Gasteiger partial charge in [-0.1, -0.05) is 12.1 Å². The smallest absolute Gasteiger partial charge is 0.332 e. The zero-order valence-electron chi connectivity index (χ0n) is 39.4. The Labute approximate surface area is 416 Å². The summed E-state index contributed by atoms with van der Waals surface area (Å²) >= 11 is 2.45. The highest BCUT2D eigenvalue weighted by Gasteiger charge is 2.26. The van der Waals surface area contributed by atoms with Gasteiger partial charge in [0.1, 0.15) is 24.7 Å². The molecule has 0 unspecified atom stereocenters. The molecule has 0 spiro atoms. The molecule has 20 nitrogen and oxygen atoms in total. The monoisotopic (exact) mass is 1030 g/mol. The third-order valence-corrected chi connectivity index (χ3v) is 14.3. The number of hydrogen-bond donors (Lipinski definition) is 2. The predicted molar refractivity (Wildman–Crippen MR) is 272 cm³/mol. The number of thiazole rings is 2. The van der Waals surface area contributed by atoms with Crippen LogP contribution in [0, 0.1) is 11.6 Å². The molecule has 0 radical (unpaired) electrons. The van der Waals surface area contributed by atoms with Crippen molar-refractivity contribution in [2.75, 3.05) is 33.5 Å². The molecule has 0 bridgehead atoms. The quantitative estimate of drug-likeness (QED) is 0.184. The number of carbonyl (C=O) groups excluding carboxylic acids is 2. The van der Waals surface area contributed by atoms with E-state index in [9.17, 15) is 37.5 Å². The van der Waals surface area contributed by atoms with Crippen molar-refractivity contribution in [3.05, 3.63) is 113 Å². The highest BCUT2D eigenvalue weighted by Crippen LogP contribution is 2.34. The van der Waals surface area contributed by atoms with Crippen LogP contribution in [0.15, 0.2) is 79.0 Å². The van der Waals surface area contributed by atoms with Crippen molar-refractivity contribution in [2.45, 2.75) is 64.7 Å². The van der Waals surface area contributed by atoms with Crippen LogP contribution in [0.25, 0.3) is 44.8 Å². The van der Waals surface area contributed by atoms with Gasteiger partial charge in [0.25, 0.3) is 11.1 Å². The van der Waals surface area contributed by atoms with Gasteiger partial charge < -0.3 is 29.6 Å². The maximum absolute atomic E-state index is 14.8. The maximum Gasteiger partial charge on any atom is 0.332 e. The first-order chi connectivity index (χ1) is 33.5. The number of aryl methyl sites for hydroxylation is 2. The summed E-state index contributed by atoms with van der Waals surface area (Å²) in [7, 11) is 5.78. The minimum absolute atomic E-state index is 0. The van der Waals surface area contributed by atoms with E-state index in [0.29, 0.717) is 56.2 Å². The largest absolute Gasteiger partial charge is 0.366 e.